The highest BCUT2D eigenvalue weighted by Crippen LogP contribution is 2.26. The third-order valence-electron chi connectivity index (χ3n) is 3.28. The number of nitrogens with zero attached hydrogens (tertiary/aromatic N) is 1. The van der Waals surface area contributed by atoms with Crippen molar-refractivity contribution in [3.05, 3.63) is 53.9 Å². The Labute approximate surface area is 120 Å². The summed E-state index contributed by atoms with van der Waals surface area (Å²) in [5, 5.41) is 12.5. The molecule has 0 aliphatic rings. The number of aromatic nitrogens is 1. The van der Waals surface area contributed by atoms with Gasteiger partial charge < -0.3 is 10.4 Å². The molecular weight excluding hydrogens is 248 g/mol. The fourth-order valence-corrected chi connectivity index (χ4v) is 2.05. The Morgan fingerprint density at radius 2 is 1.90 bits per heavy atom. The third-order valence-corrected chi connectivity index (χ3v) is 3.28. The van der Waals surface area contributed by atoms with Crippen molar-refractivity contribution in [3.8, 4) is 0 Å². The third kappa shape index (κ3) is 3.58. The number of anilines is 2. The highest BCUT2D eigenvalue weighted by molar-refractivity contribution is 5.63. The van der Waals surface area contributed by atoms with Gasteiger partial charge in [0.15, 0.2) is 0 Å². The van der Waals surface area contributed by atoms with Crippen LogP contribution in [-0.4, -0.2) is 16.7 Å². The smallest absolute Gasteiger partial charge is 0.0573 e. The molecule has 1 aromatic heterocycles. The lowest BCUT2D eigenvalue weighted by atomic mass is 9.88. The Bertz CT molecular complexity index is 573. The van der Waals surface area contributed by atoms with E-state index in [0.717, 1.165) is 16.9 Å². The maximum absolute atomic E-state index is 9.12. The summed E-state index contributed by atoms with van der Waals surface area (Å²) in [4.78, 5) is 4.31. The number of pyridine rings is 1. The van der Waals surface area contributed by atoms with E-state index in [9.17, 15) is 0 Å². The molecule has 0 fully saturated rings. The molecule has 0 radical (unpaired) electrons. The van der Waals surface area contributed by atoms with Crippen LogP contribution >= 0.6 is 0 Å². The van der Waals surface area contributed by atoms with Crippen LogP contribution in [0, 0.1) is 0 Å². The summed E-state index contributed by atoms with van der Waals surface area (Å²) in [5.74, 6) is 0. The van der Waals surface area contributed by atoms with E-state index in [-0.39, 0.29) is 12.0 Å². The Kier molecular flexibility index (Phi) is 4.40. The minimum Gasteiger partial charge on any atom is -0.396 e. The van der Waals surface area contributed by atoms with Gasteiger partial charge in [-0.1, -0.05) is 39.0 Å². The molecule has 0 aliphatic carbocycles. The van der Waals surface area contributed by atoms with Gasteiger partial charge in [0.25, 0.3) is 0 Å². The normalized spacial score (nSPS) is 11.4. The highest BCUT2D eigenvalue weighted by Gasteiger charge is 2.14. The standard InChI is InChI=1S/C17H22N2O/c1-17(2,3)14-10-15(12-18-11-14)19-16-7-5-4-6-13(16)8-9-20/h4-7,10-12,19-20H,8-9H2,1-3H3. The SMILES string of the molecule is CC(C)(C)c1cncc(Nc2ccccc2CCO)c1. The summed E-state index contributed by atoms with van der Waals surface area (Å²) in [6.45, 7) is 6.67. The second-order valence-electron chi connectivity index (χ2n) is 5.97. The number of nitrogens with one attached hydrogen (secondary N) is 1. The molecule has 1 aromatic carbocycles. The van der Waals surface area contributed by atoms with Crippen LogP contribution in [0.1, 0.15) is 31.9 Å². The zero-order chi connectivity index (χ0) is 14.6. The first-order chi connectivity index (χ1) is 9.50. The van der Waals surface area contributed by atoms with Crippen molar-refractivity contribution in [2.75, 3.05) is 11.9 Å². The number of para-hydroxylation sites is 1. The van der Waals surface area contributed by atoms with Crippen LogP contribution in [0.15, 0.2) is 42.7 Å². The molecule has 2 N–H and O–H groups in total. The van der Waals surface area contributed by atoms with Gasteiger partial charge in [-0.2, -0.15) is 0 Å². The van der Waals surface area contributed by atoms with Crippen LogP contribution in [-0.2, 0) is 11.8 Å². The average molecular weight is 270 g/mol. The summed E-state index contributed by atoms with van der Waals surface area (Å²) in [5.41, 5.74) is 4.38. The van der Waals surface area contributed by atoms with Crippen molar-refractivity contribution in [3.63, 3.8) is 0 Å². The molecule has 106 valence electrons. The van der Waals surface area contributed by atoms with E-state index in [1.54, 1.807) is 0 Å². The maximum Gasteiger partial charge on any atom is 0.0573 e. The topological polar surface area (TPSA) is 45.2 Å². The zero-order valence-corrected chi connectivity index (χ0v) is 12.4. The van der Waals surface area contributed by atoms with E-state index in [4.69, 9.17) is 5.11 Å². The highest BCUT2D eigenvalue weighted by atomic mass is 16.2. The molecule has 0 amide bonds. The van der Waals surface area contributed by atoms with Crippen LogP contribution in [0.5, 0.6) is 0 Å². The minimum atomic E-state index is 0.0787. The monoisotopic (exact) mass is 270 g/mol. The minimum absolute atomic E-state index is 0.0787. The van der Waals surface area contributed by atoms with E-state index in [1.807, 2.05) is 36.7 Å². The van der Waals surface area contributed by atoms with Gasteiger partial charge in [0.1, 0.15) is 0 Å². The number of aliphatic hydroxyl groups is 1. The molecule has 3 nitrogen and oxygen atoms in total. The molecular formula is C17H22N2O. The molecule has 0 unspecified atom stereocenters. The predicted octanol–water partition coefficient (Wildman–Crippen LogP) is 3.66. The maximum atomic E-state index is 9.12. The van der Waals surface area contributed by atoms with Crippen LogP contribution in [0.4, 0.5) is 11.4 Å². The van der Waals surface area contributed by atoms with Crippen molar-refractivity contribution in [2.24, 2.45) is 0 Å². The van der Waals surface area contributed by atoms with E-state index in [1.165, 1.54) is 5.56 Å². The van der Waals surface area contributed by atoms with Crippen LogP contribution in [0.2, 0.25) is 0 Å². The number of hydrogen-bond donors (Lipinski definition) is 2. The fourth-order valence-electron chi connectivity index (χ4n) is 2.05. The average Bonchev–Trinajstić information content (AvgIpc) is 2.41. The van der Waals surface area contributed by atoms with Gasteiger partial charge in [0.05, 0.1) is 11.9 Å². The molecule has 0 bridgehead atoms. The summed E-state index contributed by atoms with van der Waals surface area (Å²) >= 11 is 0. The molecule has 0 saturated carbocycles. The molecule has 0 aliphatic heterocycles. The molecule has 0 spiro atoms. The Morgan fingerprint density at radius 1 is 1.15 bits per heavy atom. The van der Waals surface area contributed by atoms with Gasteiger partial charge in [-0.15, -0.1) is 0 Å². The first-order valence-electron chi connectivity index (χ1n) is 6.92. The Balaban J connectivity index is 2.26. The lowest BCUT2D eigenvalue weighted by molar-refractivity contribution is 0.300. The number of aliphatic hydroxyl groups excluding tert-OH is 1. The quantitative estimate of drug-likeness (QED) is 0.891. The van der Waals surface area contributed by atoms with Crippen molar-refractivity contribution >= 4 is 11.4 Å². The predicted molar refractivity (Wildman–Crippen MR) is 83.5 cm³/mol. The van der Waals surface area contributed by atoms with Gasteiger partial charge >= 0.3 is 0 Å². The number of benzene rings is 1. The van der Waals surface area contributed by atoms with Gasteiger partial charge in [-0.25, -0.2) is 0 Å². The lowest BCUT2D eigenvalue weighted by Crippen LogP contribution is -2.11. The molecule has 0 saturated heterocycles. The molecule has 20 heavy (non-hydrogen) atoms. The summed E-state index contributed by atoms with van der Waals surface area (Å²) in [7, 11) is 0. The Morgan fingerprint density at radius 3 is 2.60 bits per heavy atom. The molecule has 2 rings (SSSR count). The Hall–Kier alpha value is -1.87. The van der Waals surface area contributed by atoms with Crippen molar-refractivity contribution < 1.29 is 5.11 Å². The van der Waals surface area contributed by atoms with E-state index >= 15 is 0 Å². The van der Waals surface area contributed by atoms with Crippen LogP contribution in [0.3, 0.4) is 0 Å². The summed E-state index contributed by atoms with van der Waals surface area (Å²) in [6, 6.07) is 10.2. The number of hydrogen-bond acceptors (Lipinski definition) is 3. The molecule has 0 atom stereocenters. The van der Waals surface area contributed by atoms with Crippen molar-refractivity contribution in [2.45, 2.75) is 32.6 Å². The fraction of sp³-hybridized carbons (Fsp3) is 0.353. The summed E-state index contributed by atoms with van der Waals surface area (Å²) < 4.78 is 0. The van der Waals surface area contributed by atoms with E-state index in [2.05, 4.69) is 37.1 Å². The van der Waals surface area contributed by atoms with Gasteiger partial charge in [-0.3, -0.25) is 4.98 Å². The first-order valence-corrected chi connectivity index (χ1v) is 6.92. The van der Waals surface area contributed by atoms with Crippen molar-refractivity contribution in [1.82, 2.24) is 4.98 Å². The zero-order valence-electron chi connectivity index (χ0n) is 12.4. The van der Waals surface area contributed by atoms with Crippen molar-refractivity contribution in [1.29, 1.82) is 0 Å². The lowest BCUT2D eigenvalue weighted by Gasteiger charge is -2.20. The molecule has 2 aromatic rings. The first kappa shape index (κ1) is 14.5. The second-order valence-corrected chi connectivity index (χ2v) is 5.97. The van der Waals surface area contributed by atoms with E-state index in [0.29, 0.717) is 6.42 Å². The molecule has 3 heteroatoms. The number of rotatable bonds is 4. The van der Waals surface area contributed by atoms with Gasteiger partial charge in [-0.05, 0) is 35.1 Å². The second kappa shape index (κ2) is 6.06. The van der Waals surface area contributed by atoms with Gasteiger partial charge in [0.2, 0.25) is 0 Å². The molecule has 1 heterocycles. The summed E-state index contributed by atoms with van der Waals surface area (Å²) in [6.07, 6.45) is 4.38. The van der Waals surface area contributed by atoms with Gasteiger partial charge in [0, 0.05) is 18.5 Å². The van der Waals surface area contributed by atoms with Crippen LogP contribution in [0.25, 0.3) is 0 Å². The largest absolute Gasteiger partial charge is 0.396 e. The van der Waals surface area contributed by atoms with Crippen LogP contribution < -0.4 is 5.32 Å². The van der Waals surface area contributed by atoms with E-state index < -0.39 is 0 Å².